The van der Waals surface area contributed by atoms with Crippen LogP contribution in [-0.4, -0.2) is 25.7 Å². The third kappa shape index (κ3) is 7.10. The number of ether oxygens (including phenoxy) is 2. The van der Waals surface area contributed by atoms with Crippen molar-refractivity contribution < 1.29 is 9.47 Å². The number of benzene rings is 1. The molecule has 0 saturated heterocycles. The fourth-order valence-electron chi connectivity index (χ4n) is 1.46. The van der Waals surface area contributed by atoms with Crippen molar-refractivity contribution in [3.8, 4) is 17.6 Å². The lowest BCUT2D eigenvalue weighted by Gasteiger charge is -2.08. The molecule has 0 bridgehead atoms. The monoisotopic (exact) mass is 280 g/mol. The smallest absolute Gasteiger partial charge is 0.135 e. The van der Waals surface area contributed by atoms with E-state index in [1.54, 1.807) is 0 Å². The van der Waals surface area contributed by atoms with Crippen LogP contribution in [0.3, 0.4) is 0 Å². The van der Waals surface area contributed by atoms with E-state index in [1.807, 2.05) is 24.3 Å². The van der Waals surface area contributed by atoms with E-state index in [4.69, 9.17) is 21.1 Å². The Labute approximate surface area is 121 Å². The summed E-state index contributed by atoms with van der Waals surface area (Å²) < 4.78 is 11.1. The Morgan fingerprint density at radius 2 is 2.00 bits per heavy atom. The number of alkyl halides is 1. The highest BCUT2D eigenvalue weighted by molar-refractivity contribution is 6.18. The first-order valence-corrected chi connectivity index (χ1v) is 7.26. The van der Waals surface area contributed by atoms with Crippen LogP contribution in [0.1, 0.15) is 31.7 Å². The average Bonchev–Trinajstić information content (AvgIpc) is 2.44. The molecule has 0 fully saturated rings. The van der Waals surface area contributed by atoms with Gasteiger partial charge in [0.2, 0.25) is 0 Å². The second-order valence-corrected chi connectivity index (χ2v) is 4.43. The molecular formula is C16H21ClO2. The molecule has 3 heteroatoms. The lowest BCUT2D eigenvalue weighted by atomic mass is 10.2. The van der Waals surface area contributed by atoms with Crippen molar-refractivity contribution in [2.75, 3.05) is 25.7 Å². The first-order valence-electron chi connectivity index (χ1n) is 6.73. The summed E-state index contributed by atoms with van der Waals surface area (Å²) in [6.45, 7) is 4.12. The fourth-order valence-corrected chi connectivity index (χ4v) is 1.55. The highest BCUT2D eigenvalue weighted by Crippen LogP contribution is 2.16. The van der Waals surface area contributed by atoms with Crippen LogP contribution in [0, 0.1) is 11.8 Å². The molecule has 0 aliphatic heterocycles. The van der Waals surface area contributed by atoms with Crippen molar-refractivity contribution in [1.82, 2.24) is 0 Å². The van der Waals surface area contributed by atoms with Crippen LogP contribution in [0.2, 0.25) is 0 Å². The second kappa shape index (κ2) is 10.7. The molecule has 104 valence electrons. The minimum Gasteiger partial charge on any atom is -0.490 e. The number of hydrogen-bond donors (Lipinski definition) is 0. The Bertz CT molecular complexity index is 407. The van der Waals surface area contributed by atoms with Gasteiger partial charge in [0.25, 0.3) is 0 Å². The Hall–Kier alpha value is -1.17. The summed E-state index contributed by atoms with van der Waals surface area (Å²) in [6.07, 6.45) is 2.94. The molecule has 1 aromatic rings. The van der Waals surface area contributed by atoms with Crippen molar-refractivity contribution in [3.05, 3.63) is 29.8 Å². The number of unbranched alkanes of at least 4 members (excludes halogenated alkanes) is 1. The van der Waals surface area contributed by atoms with Crippen LogP contribution in [0.4, 0.5) is 0 Å². The van der Waals surface area contributed by atoms with Crippen LogP contribution >= 0.6 is 11.6 Å². The van der Waals surface area contributed by atoms with E-state index in [0.717, 1.165) is 30.8 Å². The predicted octanol–water partition coefficient (Wildman–Crippen LogP) is 3.86. The molecule has 1 rings (SSSR count). The largest absolute Gasteiger partial charge is 0.490 e. The summed E-state index contributed by atoms with van der Waals surface area (Å²) in [5, 5.41) is 0. The summed E-state index contributed by atoms with van der Waals surface area (Å²) in [6, 6.07) is 7.78. The molecule has 0 N–H and O–H groups in total. The predicted molar refractivity (Wildman–Crippen MR) is 79.9 cm³/mol. The summed E-state index contributed by atoms with van der Waals surface area (Å²) in [4.78, 5) is 0. The normalized spacial score (nSPS) is 9.79. The summed E-state index contributed by atoms with van der Waals surface area (Å²) >= 11 is 5.60. The zero-order chi connectivity index (χ0) is 13.8. The van der Waals surface area contributed by atoms with E-state index in [9.17, 15) is 0 Å². The highest BCUT2D eigenvalue weighted by Gasteiger charge is 1.99. The zero-order valence-electron chi connectivity index (χ0n) is 11.5. The van der Waals surface area contributed by atoms with Crippen molar-refractivity contribution in [3.63, 3.8) is 0 Å². The van der Waals surface area contributed by atoms with Crippen molar-refractivity contribution in [2.45, 2.75) is 26.2 Å². The SMILES string of the molecule is CCCCOCCOc1ccccc1C#CCCCl. The minimum absolute atomic E-state index is 0.553. The van der Waals surface area contributed by atoms with Crippen LogP contribution in [-0.2, 0) is 4.74 Å². The first-order chi connectivity index (χ1) is 9.38. The maximum atomic E-state index is 5.69. The van der Waals surface area contributed by atoms with Gasteiger partial charge in [-0.25, -0.2) is 0 Å². The molecule has 0 unspecified atom stereocenters. The Balaban J connectivity index is 2.38. The molecule has 1 aromatic carbocycles. The lowest BCUT2D eigenvalue weighted by Crippen LogP contribution is -2.08. The van der Waals surface area contributed by atoms with Gasteiger partial charge in [-0.1, -0.05) is 37.3 Å². The molecule has 0 atom stereocenters. The van der Waals surface area contributed by atoms with E-state index in [1.165, 1.54) is 0 Å². The number of para-hydroxylation sites is 1. The summed E-state index contributed by atoms with van der Waals surface area (Å²) in [5.74, 6) is 7.46. The maximum Gasteiger partial charge on any atom is 0.135 e. The van der Waals surface area contributed by atoms with Crippen LogP contribution in [0.5, 0.6) is 5.75 Å². The van der Waals surface area contributed by atoms with Crippen molar-refractivity contribution >= 4 is 11.6 Å². The van der Waals surface area contributed by atoms with Crippen LogP contribution in [0.15, 0.2) is 24.3 Å². The highest BCUT2D eigenvalue weighted by atomic mass is 35.5. The minimum atomic E-state index is 0.553. The molecule has 0 amide bonds. The lowest BCUT2D eigenvalue weighted by molar-refractivity contribution is 0.0980. The van der Waals surface area contributed by atoms with Crippen LogP contribution < -0.4 is 4.74 Å². The third-order valence-electron chi connectivity index (χ3n) is 2.46. The molecule has 0 aliphatic carbocycles. The molecule has 19 heavy (non-hydrogen) atoms. The zero-order valence-corrected chi connectivity index (χ0v) is 12.2. The Kier molecular flexibility index (Phi) is 8.97. The van der Waals surface area contributed by atoms with Gasteiger partial charge in [-0.3, -0.25) is 0 Å². The first kappa shape index (κ1) is 15.9. The van der Waals surface area contributed by atoms with Gasteiger partial charge < -0.3 is 9.47 Å². The van der Waals surface area contributed by atoms with Crippen molar-refractivity contribution in [1.29, 1.82) is 0 Å². The van der Waals surface area contributed by atoms with Gasteiger partial charge in [-0.2, -0.15) is 0 Å². The summed E-state index contributed by atoms with van der Waals surface area (Å²) in [7, 11) is 0. The molecule has 0 heterocycles. The van der Waals surface area contributed by atoms with Gasteiger partial charge in [0.15, 0.2) is 0 Å². The van der Waals surface area contributed by atoms with E-state index < -0.39 is 0 Å². The molecule has 0 radical (unpaired) electrons. The topological polar surface area (TPSA) is 18.5 Å². The molecule has 0 aliphatic rings. The maximum absolute atomic E-state index is 5.69. The van der Waals surface area contributed by atoms with Crippen molar-refractivity contribution in [2.24, 2.45) is 0 Å². The Morgan fingerprint density at radius 1 is 1.16 bits per heavy atom. The van der Waals surface area contributed by atoms with Gasteiger partial charge in [0, 0.05) is 18.9 Å². The van der Waals surface area contributed by atoms with Crippen LogP contribution in [0.25, 0.3) is 0 Å². The van der Waals surface area contributed by atoms with Gasteiger partial charge in [-0.15, -0.1) is 11.6 Å². The molecule has 0 spiro atoms. The molecule has 0 saturated carbocycles. The number of halogens is 1. The Morgan fingerprint density at radius 3 is 2.79 bits per heavy atom. The van der Waals surface area contributed by atoms with Gasteiger partial charge >= 0.3 is 0 Å². The molecule has 0 aromatic heterocycles. The van der Waals surface area contributed by atoms with E-state index in [-0.39, 0.29) is 0 Å². The second-order valence-electron chi connectivity index (χ2n) is 4.05. The quantitative estimate of drug-likeness (QED) is 0.409. The van der Waals surface area contributed by atoms with Gasteiger partial charge in [-0.05, 0) is 18.6 Å². The number of hydrogen-bond acceptors (Lipinski definition) is 2. The summed E-state index contributed by atoms with van der Waals surface area (Å²) in [5.41, 5.74) is 0.904. The standard InChI is InChI=1S/C16H21ClO2/c1-2-3-12-18-13-14-19-16-10-5-4-8-15(16)9-6-7-11-17/h4-5,8,10H,2-3,7,11-14H2,1H3. The molecular weight excluding hydrogens is 260 g/mol. The molecule has 2 nitrogen and oxygen atoms in total. The number of rotatable bonds is 8. The van der Waals surface area contributed by atoms with Gasteiger partial charge in [0.05, 0.1) is 12.2 Å². The fraction of sp³-hybridized carbons (Fsp3) is 0.500. The van der Waals surface area contributed by atoms with E-state index in [0.29, 0.717) is 25.5 Å². The van der Waals surface area contributed by atoms with E-state index >= 15 is 0 Å². The third-order valence-corrected chi connectivity index (χ3v) is 2.65. The van der Waals surface area contributed by atoms with E-state index in [2.05, 4.69) is 18.8 Å². The average molecular weight is 281 g/mol. The van der Waals surface area contributed by atoms with Gasteiger partial charge in [0.1, 0.15) is 12.4 Å².